The Morgan fingerprint density at radius 1 is 0.185 bits per heavy atom. The zero-order chi connectivity index (χ0) is 40.3. The van der Waals surface area contributed by atoms with Gasteiger partial charge in [0, 0.05) is 34.1 Å². The van der Waals surface area contributed by atoms with Crippen molar-refractivity contribution in [1.29, 1.82) is 0 Å². The van der Waals surface area contributed by atoms with Crippen LogP contribution in [0.2, 0.25) is 0 Å². The number of benzene rings is 6. The molecule has 6 aromatic carbocycles. The van der Waals surface area contributed by atoms with Gasteiger partial charge in [-0.05, 0) is 256 Å². The molecule has 0 spiro atoms. The first-order valence-corrected chi connectivity index (χ1v) is 18.4. The summed E-state index contributed by atoms with van der Waals surface area (Å²) in [6.07, 6.45) is 0. The SMILES string of the molecule is Cc1cc(N)cc(C)c1-c1c(C)cc(N)cc1C.Cc1cc(N)cc(C)c1-c1c(C)cc(N)cc1C.Cc1cc(N)cc(C)c1-c1c(C)cc(N)cc1C. The third kappa shape index (κ3) is 9.00. The molecule has 0 saturated carbocycles. The van der Waals surface area contributed by atoms with Crippen LogP contribution < -0.4 is 34.4 Å². The maximum atomic E-state index is 5.89. The van der Waals surface area contributed by atoms with Crippen molar-refractivity contribution in [3.8, 4) is 33.4 Å². The Kier molecular flexibility index (Phi) is 12.4. The quantitative estimate of drug-likeness (QED) is 0.0999. The molecule has 0 atom stereocenters. The molecule has 0 radical (unpaired) electrons. The Morgan fingerprint density at radius 3 is 0.333 bits per heavy atom. The van der Waals surface area contributed by atoms with E-state index >= 15 is 0 Å². The minimum Gasteiger partial charge on any atom is -0.399 e. The molecule has 0 aliphatic carbocycles. The minimum atomic E-state index is 0.819. The number of aryl methyl sites for hydroxylation is 12. The Balaban J connectivity index is 0.000000180. The van der Waals surface area contributed by atoms with Crippen LogP contribution in [0.15, 0.2) is 72.8 Å². The number of nitrogens with two attached hydrogens (primary N) is 6. The lowest BCUT2D eigenvalue weighted by Gasteiger charge is -2.17. The summed E-state index contributed by atoms with van der Waals surface area (Å²) in [5, 5.41) is 0. The van der Waals surface area contributed by atoms with Crippen LogP contribution in [0.1, 0.15) is 66.8 Å². The summed E-state index contributed by atoms with van der Waals surface area (Å²) in [5.41, 5.74) is 62.4. The van der Waals surface area contributed by atoms with Gasteiger partial charge in [0.2, 0.25) is 0 Å². The molecule has 0 saturated heterocycles. The molecule has 0 fully saturated rings. The smallest absolute Gasteiger partial charge is 0.0319 e. The summed E-state index contributed by atoms with van der Waals surface area (Å²) in [4.78, 5) is 0. The molecule has 12 N–H and O–H groups in total. The molecule has 0 aromatic heterocycles. The van der Waals surface area contributed by atoms with Crippen molar-refractivity contribution in [2.45, 2.75) is 83.1 Å². The first kappa shape index (κ1) is 40.9. The lowest BCUT2D eigenvalue weighted by molar-refractivity contribution is 1.32. The maximum absolute atomic E-state index is 5.89. The fourth-order valence-electron chi connectivity index (χ4n) is 8.35. The van der Waals surface area contributed by atoms with Gasteiger partial charge in [-0.15, -0.1) is 0 Å². The van der Waals surface area contributed by atoms with Gasteiger partial charge in [0.25, 0.3) is 0 Å². The molecular weight excluding hydrogens is 661 g/mol. The molecule has 0 unspecified atom stereocenters. The average Bonchev–Trinajstić information content (AvgIpc) is 3.00. The van der Waals surface area contributed by atoms with Crippen LogP contribution in [-0.4, -0.2) is 0 Å². The van der Waals surface area contributed by atoms with Crippen LogP contribution in [0.5, 0.6) is 0 Å². The van der Waals surface area contributed by atoms with Crippen molar-refractivity contribution in [1.82, 2.24) is 0 Å². The number of anilines is 6. The summed E-state index contributed by atoms with van der Waals surface area (Å²) in [6.45, 7) is 25.3. The average molecular weight is 721 g/mol. The van der Waals surface area contributed by atoms with Crippen LogP contribution in [0.3, 0.4) is 0 Å². The van der Waals surface area contributed by atoms with E-state index in [0.717, 1.165) is 34.1 Å². The zero-order valence-electron chi connectivity index (χ0n) is 34.4. The van der Waals surface area contributed by atoms with Crippen molar-refractivity contribution < 1.29 is 0 Å². The third-order valence-electron chi connectivity index (χ3n) is 10.1. The molecular formula is C48H60N6. The first-order chi connectivity index (χ1) is 25.2. The van der Waals surface area contributed by atoms with Crippen molar-refractivity contribution in [3.05, 3.63) is 140 Å². The van der Waals surface area contributed by atoms with Crippen LogP contribution >= 0.6 is 0 Å². The van der Waals surface area contributed by atoms with Gasteiger partial charge in [-0.25, -0.2) is 0 Å². The molecule has 6 nitrogen and oxygen atoms in total. The van der Waals surface area contributed by atoms with Gasteiger partial charge in [-0.2, -0.15) is 0 Å². The van der Waals surface area contributed by atoms with Crippen LogP contribution in [-0.2, 0) is 0 Å². The van der Waals surface area contributed by atoms with Crippen LogP contribution in [0.4, 0.5) is 34.1 Å². The van der Waals surface area contributed by atoms with E-state index in [1.807, 2.05) is 72.8 Å². The molecule has 6 heteroatoms. The zero-order valence-corrected chi connectivity index (χ0v) is 34.4. The fourth-order valence-corrected chi connectivity index (χ4v) is 8.35. The second kappa shape index (κ2) is 16.4. The first-order valence-electron chi connectivity index (χ1n) is 18.4. The highest BCUT2D eigenvalue weighted by atomic mass is 14.6. The summed E-state index contributed by atoms with van der Waals surface area (Å²) >= 11 is 0. The van der Waals surface area contributed by atoms with Gasteiger partial charge in [-0.1, -0.05) is 0 Å². The lowest BCUT2D eigenvalue weighted by atomic mass is 9.89. The summed E-state index contributed by atoms with van der Waals surface area (Å²) < 4.78 is 0. The molecule has 0 amide bonds. The highest BCUT2D eigenvalue weighted by molar-refractivity contribution is 5.82. The summed E-state index contributed by atoms with van der Waals surface area (Å²) in [7, 11) is 0. The van der Waals surface area contributed by atoms with E-state index in [1.165, 1.54) is 100 Å². The molecule has 282 valence electrons. The number of hydrogen-bond donors (Lipinski definition) is 6. The van der Waals surface area contributed by atoms with Crippen LogP contribution in [0, 0.1) is 83.1 Å². The van der Waals surface area contributed by atoms with E-state index in [1.54, 1.807) is 0 Å². The molecule has 0 bridgehead atoms. The van der Waals surface area contributed by atoms with E-state index in [-0.39, 0.29) is 0 Å². The highest BCUT2D eigenvalue weighted by Crippen LogP contribution is 2.37. The third-order valence-corrected chi connectivity index (χ3v) is 10.1. The van der Waals surface area contributed by atoms with Crippen molar-refractivity contribution in [3.63, 3.8) is 0 Å². The van der Waals surface area contributed by atoms with Gasteiger partial charge in [-0.3, -0.25) is 0 Å². The van der Waals surface area contributed by atoms with E-state index in [9.17, 15) is 0 Å². The maximum Gasteiger partial charge on any atom is 0.0319 e. The van der Waals surface area contributed by atoms with E-state index < -0.39 is 0 Å². The molecule has 6 aromatic rings. The fraction of sp³-hybridized carbons (Fsp3) is 0.250. The Labute approximate surface area is 323 Å². The van der Waals surface area contributed by atoms with Crippen molar-refractivity contribution in [2.24, 2.45) is 0 Å². The molecule has 0 heterocycles. The predicted octanol–water partition coefficient (Wildman–Crippen LogP) is 11.3. The van der Waals surface area contributed by atoms with Crippen molar-refractivity contribution in [2.75, 3.05) is 34.4 Å². The minimum absolute atomic E-state index is 0.819. The summed E-state index contributed by atoms with van der Waals surface area (Å²) in [6, 6.07) is 24.3. The topological polar surface area (TPSA) is 156 Å². The van der Waals surface area contributed by atoms with Gasteiger partial charge < -0.3 is 34.4 Å². The molecule has 0 aliphatic heterocycles. The van der Waals surface area contributed by atoms with Gasteiger partial charge >= 0.3 is 0 Å². The number of rotatable bonds is 3. The molecule has 0 aliphatic rings. The lowest BCUT2D eigenvalue weighted by Crippen LogP contribution is -1.98. The van der Waals surface area contributed by atoms with Crippen LogP contribution in [0.25, 0.3) is 33.4 Å². The van der Waals surface area contributed by atoms with E-state index in [0.29, 0.717) is 0 Å². The standard InChI is InChI=1S/3C16H20N2/c3*1-9-5-13(17)6-10(2)15(9)16-11(3)7-14(18)8-12(16)4/h3*5-8H,17-18H2,1-4H3. The molecule has 6 rings (SSSR count). The molecule has 54 heavy (non-hydrogen) atoms. The normalized spacial score (nSPS) is 10.7. The van der Waals surface area contributed by atoms with E-state index in [2.05, 4.69) is 83.1 Å². The van der Waals surface area contributed by atoms with E-state index in [4.69, 9.17) is 34.4 Å². The Hall–Kier alpha value is -5.88. The van der Waals surface area contributed by atoms with Crippen molar-refractivity contribution >= 4 is 34.1 Å². The predicted molar refractivity (Wildman–Crippen MR) is 239 cm³/mol. The highest BCUT2D eigenvalue weighted by Gasteiger charge is 2.15. The number of nitrogen functional groups attached to an aromatic ring is 6. The monoisotopic (exact) mass is 720 g/mol. The Bertz CT molecular complexity index is 1800. The van der Waals surface area contributed by atoms with Gasteiger partial charge in [0.05, 0.1) is 0 Å². The van der Waals surface area contributed by atoms with Gasteiger partial charge in [0.1, 0.15) is 0 Å². The summed E-state index contributed by atoms with van der Waals surface area (Å²) in [5.74, 6) is 0. The Morgan fingerprint density at radius 2 is 0.259 bits per heavy atom. The number of hydrogen-bond acceptors (Lipinski definition) is 6. The van der Waals surface area contributed by atoms with Gasteiger partial charge in [0.15, 0.2) is 0 Å². The second-order valence-electron chi connectivity index (χ2n) is 15.2. The second-order valence-corrected chi connectivity index (χ2v) is 15.2. The largest absolute Gasteiger partial charge is 0.399 e.